The molecule has 0 aliphatic carbocycles. The van der Waals surface area contributed by atoms with Crippen LogP contribution in [0.25, 0.3) is 0 Å². The largest absolute Gasteiger partial charge is 0.466 e. The molecule has 0 fully saturated rings. The topological polar surface area (TPSA) is 50.1 Å². The summed E-state index contributed by atoms with van der Waals surface area (Å²) in [5.41, 5.74) is 2.50. The Balaban J connectivity index is 3.04. The summed E-state index contributed by atoms with van der Waals surface area (Å²) >= 11 is 2.10. The van der Waals surface area contributed by atoms with Crippen molar-refractivity contribution in [3.63, 3.8) is 0 Å². The average molecular weight is 329 g/mol. The first-order valence-electron chi connectivity index (χ1n) is 4.93. The first-order valence-corrected chi connectivity index (χ1v) is 6.01. The Morgan fingerprint density at radius 2 is 2.25 bits per heavy atom. The van der Waals surface area contributed by atoms with Crippen LogP contribution in [0.4, 0.5) is 0 Å². The van der Waals surface area contributed by atoms with Crippen molar-refractivity contribution < 1.29 is 9.53 Å². The Morgan fingerprint density at radius 3 is 2.81 bits per heavy atom. The molecule has 0 N–H and O–H groups in total. The van der Waals surface area contributed by atoms with Gasteiger partial charge in [0.2, 0.25) is 0 Å². The van der Waals surface area contributed by atoms with Crippen LogP contribution in [-0.2, 0) is 16.0 Å². The zero-order valence-corrected chi connectivity index (χ0v) is 11.4. The maximum atomic E-state index is 11.4. The predicted octanol–water partition coefficient (Wildman–Crippen LogP) is 2.58. The zero-order chi connectivity index (χ0) is 12.1. The molecule has 0 aliphatic rings. The number of hydrogen-bond donors (Lipinski definition) is 0. The summed E-state index contributed by atoms with van der Waals surface area (Å²) in [6.07, 6.45) is 0.230. The number of esters is 1. The van der Waals surface area contributed by atoms with E-state index in [-0.39, 0.29) is 12.4 Å². The normalized spacial score (nSPS) is 9.62. The number of nitrogens with zero attached hydrogens (tertiary/aromatic N) is 1. The molecule has 84 valence electrons. The maximum Gasteiger partial charge on any atom is 0.310 e. The van der Waals surface area contributed by atoms with Gasteiger partial charge in [0, 0.05) is 3.57 Å². The Labute approximate surface area is 109 Å². The minimum absolute atomic E-state index is 0.230. The van der Waals surface area contributed by atoms with Crippen molar-refractivity contribution >= 4 is 28.6 Å². The van der Waals surface area contributed by atoms with E-state index >= 15 is 0 Å². The van der Waals surface area contributed by atoms with Crippen LogP contribution < -0.4 is 0 Å². The van der Waals surface area contributed by atoms with Gasteiger partial charge >= 0.3 is 5.97 Å². The summed E-state index contributed by atoms with van der Waals surface area (Å²) in [5.74, 6) is -0.251. The van der Waals surface area contributed by atoms with Gasteiger partial charge in [-0.05, 0) is 53.6 Å². The minimum atomic E-state index is -0.251. The van der Waals surface area contributed by atoms with E-state index in [1.165, 1.54) is 0 Å². The van der Waals surface area contributed by atoms with Gasteiger partial charge < -0.3 is 4.74 Å². The fraction of sp³-hybridized carbons (Fsp3) is 0.333. The van der Waals surface area contributed by atoms with Crippen molar-refractivity contribution in [1.82, 2.24) is 0 Å². The van der Waals surface area contributed by atoms with E-state index in [2.05, 4.69) is 28.7 Å². The summed E-state index contributed by atoms with van der Waals surface area (Å²) in [6.45, 7) is 4.09. The number of carbonyl (C=O) groups excluding carboxylic acids is 1. The number of benzene rings is 1. The predicted molar refractivity (Wildman–Crippen MR) is 68.9 cm³/mol. The quantitative estimate of drug-likeness (QED) is 0.633. The van der Waals surface area contributed by atoms with Gasteiger partial charge in [-0.15, -0.1) is 0 Å². The number of rotatable bonds is 3. The molecule has 0 radical (unpaired) electrons. The third kappa shape index (κ3) is 2.95. The van der Waals surface area contributed by atoms with Gasteiger partial charge in [-0.25, -0.2) is 0 Å². The Hall–Kier alpha value is -1.09. The molecule has 0 atom stereocenters. The highest BCUT2D eigenvalue weighted by molar-refractivity contribution is 14.1. The lowest BCUT2D eigenvalue weighted by Gasteiger charge is -2.09. The molecule has 0 amide bonds. The second kappa shape index (κ2) is 5.85. The van der Waals surface area contributed by atoms with Gasteiger partial charge in [-0.3, -0.25) is 4.79 Å². The van der Waals surface area contributed by atoms with E-state index in [9.17, 15) is 4.79 Å². The summed E-state index contributed by atoms with van der Waals surface area (Å²) in [7, 11) is 0. The first kappa shape index (κ1) is 13.0. The van der Waals surface area contributed by atoms with Gasteiger partial charge in [0.15, 0.2) is 0 Å². The first-order chi connectivity index (χ1) is 7.60. The van der Waals surface area contributed by atoms with Crippen LogP contribution in [0.2, 0.25) is 0 Å². The molecule has 0 heterocycles. The SMILES string of the molecule is CCOC(=O)Cc1c(C)ccc(C#N)c1I. The minimum Gasteiger partial charge on any atom is -0.466 e. The molecule has 0 bridgehead atoms. The van der Waals surface area contributed by atoms with Crippen molar-refractivity contribution in [1.29, 1.82) is 5.26 Å². The number of ether oxygens (including phenoxy) is 1. The van der Waals surface area contributed by atoms with Gasteiger partial charge in [0.1, 0.15) is 6.07 Å². The molecule has 0 spiro atoms. The second-order valence-electron chi connectivity index (χ2n) is 3.32. The monoisotopic (exact) mass is 329 g/mol. The fourth-order valence-electron chi connectivity index (χ4n) is 1.38. The van der Waals surface area contributed by atoms with Gasteiger partial charge in [-0.2, -0.15) is 5.26 Å². The zero-order valence-electron chi connectivity index (χ0n) is 9.21. The van der Waals surface area contributed by atoms with Gasteiger partial charge in [0.25, 0.3) is 0 Å². The highest BCUT2D eigenvalue weighted by atomic mass is 127. The summed E-state index contributed by atoms with van der Waals surface area (Å²) < 4.78 is 5.75. The van der Waals surface area contributed by atoms with Crippen molar-refractivity contribution in [3.05, 3.63) is 32.4 Å². The second-order valence-corrected chi connectivity index (χ2v) is 4.39. The molecule has 1 aromatic rings. The summed E-state index contributed by atoms with van der Waals surface area (Å²) in [6, 6.07) is 5.73. The van der Waals surface area contributed by atoms with Crippen molar-refractivity contribution in [2.75, 3.05) is 6.61 Å². The summed E-state index contributed by atoms with van der Waals surface area (Å²) in [5, 5.41) is 8.90. The molecule has 1 aromatic carbocycles. The van der Waals surface area contributed by atoms with E-state index in [1.807, 2.05) is 13.0 Å². The van der Waals surface area contributed by atoms with E-state index in [1.54, 1.807) is 13.0 Å². The van der Waals surface area contributed by atoms with E-state index in [4.69, 9.17) is 10.00 Å². The number of nitriles is 1. The molecule has 1 rings (SSSR count). The molecule has 0 aromatic heterocycles. The third-order valence-corrected chi connectivity index (χ3v) is 3.46. The van der Waals surface area contributed by atoms with E-state index in [0.29, 0.717) is 12.2 Å². The number of hydrogen-bond acceptors (Lipinski definition) is 3. The van der Waals surface area contributed by atoms with Crippen molar-refractivity contribution in [2.45, 2.75) is 20.3 Å². The molecule has 0 saturated heterocycles. The van der Waals surface area contributed by atoms with Crippen LogP contribution in [-0.4, -0.2) is 12.6 Å². The van der Waals surface area contributed by atoms with Gasteiger partial charge in [0.05, 0.1) is 18.6 Å². The average Bonchev–Trinajstić information content (AvgIpc) is 2.25. The van der Waals surface area contributed by atoms with Crippen LogP contribution in [0.1, 0.15) is 23.6 Å². The molecule has 0 aliphatic heterocycles. The Kier molecular flexibility index (Phi) is 4.74. The van der Waals surface area contributed by atoms with Crippen LogP contribution >= 0.6 is 22.6 Å². The molecule has 3 nitrogen and oxygen atoms in total. The van der Waals surface area contributed by atoms with Crippen LogP contribution in [0, 0.1) is 21.8 Å². The van der Waals surface area contributed by atoms with Crippen LogP contribution in [0.3, 0.4) is 0 Å². The van der Waals surface area contributed by atoms with Gasteiger partial charge in [-0.1, -0.05) is 6.07 Å². The lowest BCUT2D eigenvalue weighted by atomic mass is 10.0. The lowest BCUT2D eigenvalue weighted by Crippen LogP contribution is -2.10. The smallest absolute Gasteiger partial charge is 0.310 e. The maximum absolute atomic E-state index is 11.4. The summed E-state index contributed by atoms with van der Waals surface area (Å²) in [4.78, 5) is 11.4. The molecule has 0 saturated carbocycles. The molecule has 0 unspecified atom stereocenters. The highest BCUT2D eigenvalue weighted by Crippen LogP contribution is 2.21. The number of aryl methyl sites for hydroxylation is 1. The number of halogens is 1. The molecular weight excluding hydrogens is 317 g/mol. The molecule has 4 heteroatoms. The van der Waals surface area contributed by atoms with E-state index < -0.39 is 0 Å². The Bertz CT molecular complexity index is 449. The highest BCUT2D eigenvalue weighted by Gasteiger charge is 2.13. The lowest BCUT2D eigenvalue weighted by molar-refractivity contribution is -0.142. The number of carbonyl (C=O) groups is 1. The van der Waals surface area contributed by atoms with Crippen LogP contribution in [0.5, 0.6) is 0 Å². The van der Waals surface area contributed by atoms with Crippen molar-refractivity contribution in [3.8, 4) is 6.07 Å². The van der Waals surface area contributed by atoms with E-state index in [0.717, 1.165) is 14.7 Å². The Morgan fingerprint density at radius 1 is 1.56 bits per heavy atom. The third-order valence-electron chi connectivity index (χ3n) is 2.22. The molecule has 16 heavy (non-hydrogen) atoms. The molecular formula is C12H12INO2. The van der Waals surface area contributed by atoms with Crippen molar-refractivity contribution in [2.24, 2.45) is 0 Å². The standard InChI is InChI=1S/C12H12INO2/c1-3-16-11(15)6-10-8(2)4-5-9(7-14)12(10)13/h4-5H,3,6H2,1-2H3. The van der Waals surface area contributed by atoms with Crippen LogP contribution in [0.15, 0.2) is 12.1 Å². The fourth-order valence-corrected chi connectivity index (χ4v) is 2.29.